The summed E-state index contributed by atoms with van der Waals surface area (Å²) in [5.74, 6) is 0.572. The number of fused-ring (bicyclic) bond motifs is 2. The molecule has 2 fully saturated rings. The van der Waals surface area contributed by atoms with Gasteiger partial charge in [-0.3, -0.25) is 9.69 Å². The molecule has 1 aliphatic carbocycles. The molecule has 1 aromatic carbocycles. The zero-order valence-electron chi connectivity index (χ0n) is 21.0. The van der Waals surface area contributed by atoms with E-state index < -0.39 is 17.1 Å². The normalized spacial score (nSPS) is 27.3. The minimum absolute atomic E-state index is 0.0660. The lowest BCUT2D eigenvalue weighted by atomic mass is 9.73. The van der Waals surface area contributed by atoms with Crippen LogP contribution in [0.3, 0.4) is 0 Å². The molecule has 2 amide bonds. The zero-order chi connectivity index (χ0) is 26.2. The third-order valence-electron chi connectivity index (χ3n) is 7.87. The quantitative estimate of drug-likeness (QED) is 0.395. The number of anilines is 1. The first-order valence-electron chi connectivity index (χ1n) is 12.7. The molecule has 4 aliphatic rings. The number of amides is 2. The highest BCUT2D eigenvalue weighted by Gasteiger charge is 2.48. The molecule has 0 unspecified atom stereocenters. The number of ether oxygens (including phenoxy) is 2. The molecule has 0 atom stereocenters. The number of aliphatic imine (C=N–C) groups is 1. The van der Waals surface area contributed by atoms with Gasteiger partial charge in [0.05, 0.1) is 24.2 Å². The van der Waals surface area contributed by atoms with E-state index in [-0.39, 0.29) is 18.6 Å². The van der Waals surface area contributed by atoms with Crippen molar-refractivity contribution in [1.82, 2.24) is 9.80 Å². The van der Waals surface area contributed by atoms with E-state index in [1.54, 1.807) is 25.3 Å². The van der Waals surface area contributed by atoms with E-state index in [4.69, 9.17) is 21.1 Å². The second-order valence-corrected chi connectivity index (χ2v) is 10.9. The van der Waals surface area contributed by atoms with Crippen LogP contribution in [0.5, 0.6) is 0 Å². The van der Waals surface area contributed by atoms with Crippen LogP contribution in [-0.4, -0.2) is 84.2 Å². The van der Waals surface area contributed by atoms with Gasteiger partial charge in [-0.25, -0.2) is 9.79 Å². The Labute approximate surface area is 221 Å². The van der Waals surface area contributed by atoms with Gasteiger partial charge < -0.3 is 24.8 Å². The summed E-state index contributed by atoms with van der Waals surface area (Å²) in [5, 5.41) is 13.8. The molecule has 0 bridgehead atoms. The number of carbonyl (C=O) groups is 2. The first-order valence-corrected chi connectivity index (χ1v) is 13.1. The van der Waals surface area contributed by atoms with Crippen LogP contribution in [0.15, 0.2) is 47.2 Å². The molecule has 3 heterocycles. The van der Waals surface area contributed by atoms with Crippen LogP contribution in [0.4, 0.5) is 10.5 Å². The molecule has 1 aromatic rings. The largest absolute Gasteiger partial charge is 0.444 e. The summed E-state index contributed by atoms with van der Waals surface area (Å²) in [6.45, 7) is 8.88. The summed E-state index contributed by atoms with van der Waals surface area (Å²) in [5.41, 5.74) is 1.33. The Morgan fingerprint density at radius 2 is 2.08 bits per heavy atom. The minimum atomic E-state index is -0.777. The van der Waals surface area contributed by atoms with Gasteiger partial charge in [0.1, 0.15) is 12.4 Å². The molecule has 10 heteroatoms. The average Bonchev–Trinajstić information content (AvgIpc) is 3.11. The monoisotopic (exact) mass is 528 g/mol. The van der Waals surface area contributed by atoms with E-state index >= 15 is 0 Å². The standard InChI is InChI=1S/C27H33ClN4O5/c1-3-18-17-37-25(34)32(20-15-26(2,35)16-20)23(18)29-8-12-36-13-11-31-9-6-27(7-10-31)21-14-19(28)4-5-22(21)30-24(27)33/h3-5,8,14,20,35H,1,6-7,9-13,15-17H2,2H3,(H,30,33)/b29-8-/t20-,26+. The maximum Gasteiger partial charge on any atom is 0.416 e. The Balaban J connectivity index is 1.10. The number of nitrogens with zero attached hydrogens (tertiary/aromatic N) is 3. The Morgan fingerprint density at radius 1 is 1.32 bits per heavy atom. The van der Waals surface area contributed by atoms with Crippen LogP contribution in [0.2, 0.25) is 5.02 Å². The highest BCUT2D eigenvalue weighted by molar-refractivity contribution is 6.31. The van der Waals surface area contributed by atoms with Gasteiger partial charge in [0.2, 0.25) is 5.91 Å². The van der Waals surface area contributed by atoms with Gasteiger partial charge in [0.15, 0.2) is 0 Å². The van der Waals surface area contributed by atoms with Gasteiger partial charge in [-0.1, -0.05) is 24.3 Å². The first-order chi connectivity index (χ1) is 17.7. The van der Waals surface area contributed by atoms with Gasteiger partial charge >= 0.3 is 6.09 Å². The average molecular weight is 529 g/mol. The maximum absolute atomic E-state index is 12.8. The fourth-order valence-electron chi connectivity index (χ4n) is 5.76. The number of carbonyl (C=O) groups excluding carboxylic acids is 2. The molecule has 1 saturated carbocycles. The van der Waals surface area contributed by atoms with Crippen LogP contribution >= 0.6 is 11.6 Å². The van der Waals surface area contributed by atoms with E-state index in [9.17, 15) is 14.7 Å². The molecule has 37 heavy (non-hydrogen) atoms. The Bertz CT molecular complexity index is 1150. The van der Waals surface area contributed by atoms with Crippen molar-refractivity contribution in [2.45, 2.75) is 49.7 Å². The Morgan fingerprint density at radius 3 is 2.78 bits per heavy atom. The van der Waals surface area contributed by atoms with Gasteiger partial charge in [-0.15, -0.1) is 0 Å². The summed E-state index contributed by atoms with van der Waals surface area (Å²) in [7, 11) is 0. The van der Waals surface area contributed by atoms with Crippen molar-refractivity contribution in [2.75, 3.05) is 44.8 Å². The number of rotatable bonds is 8. The van der Waals surface area contributed by atoms with Gasteiger partial charge in [-0.2, -0.15) is 0 Å². The Kier molecular flexibility index (Phi) is 7.15. The van der Waals surface area contributed by atoms with Crippen LogP contribution in [-0.2, 0) is 19.7 Å². The van der Waals surface area contributed by atoms with Crippen molar-refractivity contribution in [1.29, 1.82) is 0 Å². The van der Waals surface area contributed by atoms with Gasteiger partial charge in [0.25, 0.3) is 0 Å². The Hall–Kier alpha value is -2.72. The number of nitrogens with one attached hydrogen (secondary N) is 1. The van der Waals surface area contributed by atoms with Gasteiger partial charge in [0, 0.05) is 35.1 Å². The van der Waals surface area contributed by atoms with E-state index in [0.29, 0.717) is 36.9 Å². The number of piperidine rings is 1. The summed E-state index contributed by atoms with van der Waals surface area (Å²) >= 11 is 6.21. The van der Waals surface area contributed by atoms with E-state index in [2.05, 4.69) is 21.8 Å². The van der Waals surface area contributed by atoms with Crippen LogP contribution in [0.1, 0.15) is 38.2 Å². The number of cyclic esters (lactones) is 1. The van der Waals surface area contributed by atoms with E-state index in [1.165, 1.54) is 4.90 Å². The van der Waals surface area contributed by atoms with Crippen molar-refractivity contribution in [2.24, 2.45) is 4.99 Å². The highest BCUT2D eigenvalue weighted by Crippen LogP contribution is 2.45. The first kappa shape index (κ1) is 25.9. The molecule has 9 nitrogen and oxygen atoms in total. The number of hydrogen-bond donors (Lipinski definition) is 2. The molecular formula is C27H33ClN4O5. The van der Waals surface area contributed by atoms with Crippen molar-refractivity contribution in [3.05, 3.63) is 52.8 Å². The number of halogens is 1. The third-order valence-corrected chi connectivity index (χ3v) is 8.11. The smallest absolute Gasteiger partial charge is 0.416 e. The lowest BCUT2D eigenvalue weighted by Crippen LogP contribution is -2.56. The van der Waals surface area contributed by atoms with E-state index in [1.807, 2.05) is 12.1 Å². The lowest BCUT2D eigenvalue weighted by molar-refractivity contribution is -0.122. The molecule has 5 rings (SSSR count). The van der Waals surface area contributed by atoms with Crippen molar-refractivity contribution in [3.8, 4) is 0 Å². The molecule has 0 radical (unpaired) electrons. The highest BCUT2D eigenvalue weighted by atomic mass is 35.5. The molecule has 2 N–H and O–H groups in total. The summed E-state index contributed by atoms with van der Waals surface area (Å²) in [4.78, 5) is 33.6. The molecule has 1 spiro atoms. The summed E-state index contributed by atoms with van der Waals surface area (Å²) in [6.07, 6.45) is 5.26. The predicted molar refractivity (Wildman–Crippen MR) is 141 cm³/mol. The number of hydrogen-bond acceptors (Lipinski definition) is 7. The SMILES string of the molecule is C=CC1=C(/N=C\COCCN2CCC3(CC2)C(=O)Nc2ccc(Cl)cc23)N([C@H]2C[C@@](C)(O)C2)C(=O)OC1. The van der Waals surface area contributed by atoms with Crippen LogP contribution in [0.25, 0.3) is 0 Å². The van der Waals surface area contributed by atoms with E-state index in [0.717, 1.165) is 49.3 Å². The predicted octanol–water partition coefficient (Wildman–Crippen LogP) is 3.48. The van der Waals surface area contributed by atoms with Gasteiger partial charge in [-0.05, 0) is 69.5 Å². The third kappa shape index (κ3) is 5.05. The molecular weight excluding hydrogens is 496 g/mol. The number of benzene rings is 1. The van der Waals surface area contributed by atoms with Crippen molar-refractivity contribution >= 4 is 35.5 Å². The fraction of sp³-hybridized carbons (Fsp3) is 0.519. The summed E-state index contributed by atoms with van der Waals surface area (Å²) < 4.78 is 11.1. The van der Waals surface area contributed by atoms with Crippen molar-refractivity contribution in [3.63, 3.8) is 0 Å². The van der Waals surface area contributed by atoms with Crippen molar-refractivity contribution < 1.29 is 24.2 Å². The molecule has 1 saturated heterocycles. The number of aliphatic hydroxyl groups is 1. The molecule has 0 aromatic heterocycles. The fourth-order valence-corrected chi connectivity index (χ4v) is 5.94. The maximum atomic E-state index is 12.8. The topological polar surface area (TPSA) is 104 Å². The second-order valence-electron chi connectivity index (χ2n) is 10.5. The minimum Gasteiger partial charge on any atom is -0.444 e. The zero-order valence-corrected chi connectivity index (χ0v) is 21.8. The molecule has 198 valence electrons. The number of likely N-dealkylation sites (tertiary alicyclic amines) is 1. The van der Waals surface area contributed by atoms with Crippen LogP contribution < -0.4 is 5.32 Å². The summed E-state index contributed by atoms with van der Waals surface area (Å²) in [6, 6.07) is 5.45. The second kappa shape index (κ2) is 10.2. The van der Waals surface area contributed by atoms with Crippen LogP contribution in [0, 0.1) is 0 Å². The lowest BCUT2D eigenvalue weighted by Gasteiger charge is -2.47. The molecule has 3 aliphatic heterocycles.